The average molecular weight is 615 g/mol. The molecule has 0 aliphatic carbocycles. The molecule has 45 heavy (non-hydrogen) atoms. The van der Waals surface area contributed by atoms with Crippen molar-refractivity contribution in [1.82, 2.24) is 10.3 Å². The molecule has 0 saturated carbocycles. The van der Waals surface area contributed by atoms with Gasteiger partial charge in [0.25, 0.3) is 0 Å². The molecule has 0 fully saturated rings. The van der Waals surface area contributed by atoms with E-state index in [2.05, 4.69) is 10.3 Å². The van der Waals surface area contributed by atoms with Gasteiger partial charge in [0, 0.05) is 23.5 Å². The lowest BCUT2D eigenvalue weighted by Gasteiger charge is -2.23. The van der Waals surface area contributed by atoms with Crippen molar-refractivity contribution in [2.45, 2.75) is 84.0 Å². The number of nitrogens with one attached hydrogen (secondary N) is 2. The Hall–Kier alpha value is -4.46. The van der Waals surface area contributed by atoms with Crippen LogP contribution < -0.4 is 14.8 Å². The van der Waals surface area contributed by atoms with Crippen molar-refractivity contribution >= 4 is 23.0 Å². The Balaban J connectivity index is 1.09. The maximum Gasteiger partial charge on any atom is 0.408 e. The van der Waals surface area contributed by atoms with Gasteiger partial charge < -0.3 is 29.2 Å². The van der Waals surface area contributed by atoms with Gasteiger partial charge in [0.05, 0.1) is 13.2 Å². The molecule has 4 aromatic rings. The van der Waals surface area contributed by atoms with E-state index < -0.39 is 23.7 Å². The van der Waals surface area contributed by atoms with Crippen molar-refractivity contribution in [2.24, 2.45) is 0 Å². The first-order valence-corrected chi connectivity index (χ1v) is 15.9. The Morgan fingerprint density at radius 3 is 2.09 bits per heavy atom. The zero-order valence-corrected chi connectivity index (χ0v) is 26.7. The van der Waals surface area contributed by atoms with Gasteiger partial charge in [0.15, 0.2) is 0 Å². The number of H-pyrrole nitrogens is 1. The number of aromatic nitrogens is 1. The van der Waals surface area contributed by atoms with Crippen LogP contribution in [0.2, 0.25) is 0 Å². The summed E-state index contributed by atoms with van der Waals surface area (Å²) in [5.74, 6) is 1.20. The molecule has 1 aromatic heterocycles. The second-order valence-electron chi connectivity index (χ2n) is 12.1. The van der Waals surface area contributed by atoms with Crippen LogP contribution >= 0.6 is 0 Å². The molecule has 0 saturated heterocycles. The SMILES string of the molecule is CC(C)(C)OC(=O)N[C@@H](Cc1c[nH]c2ccccc12)C(=O)OCCCCCCCCOc1ccc(OCc2ccccc2)cc1. The van der Waals surface area contributed by atoms with Gasteiger partial charge in [-0.2, -0.15) is 0 Å². The standard InChI is InChI=1S/C37H46N2O6/c1-37(2,3)45-36(41)39-34(25-29-26-38-33-18-12-11-17-32(29)33)35(40)43-24-14-7-5-4-6-13-23-42-30-19-21-31(22-20-30)44-27-28-15-9-8-10-16-28/h8-12,15-22,26,34,38H,4-7,13-14,23-25,27H2,1-3H3,(H,39,41)/t34-/m0/s1. The topological polar surface area (TPSA) is 98.9 Å². The van der Waals surface area contributed by atoms with Crippen LogP contribution in [0.1, 0.15) is 70.4 Å². The fraction of sp³-hybridized carbons (Fsp3) is 0.405. The largest absolute Gasteiger partial charge is 0.494 e. The Kier molecular flexibility index (Phi) is 12.7. The normalized spacial score (nSPS) is 12.0. The third-order valence-electron chi connectivity index (χ3n) is 7.20. The van der Waals surface area contributed by atoms with Crippen LogP contribution in [0.15, 0.2) is 85.1 Å². The van der Waals surface area contributed by atoms with E-state index in [0.29, 0.717) is 26.2 Å². The number of ether oxygens (including phenoxy) is 4. The minimum absolute atomic E-state index is 0.302. The van der Waals surface area contributed by atoms with Crippen LogP contribution in [0.5, 0.6) is 11.5 Å². The van der Waals surface area contributed by atoms with Gasteiger partial charge in [-0.15, -0.1) is 0 Å². The van der Waals surface area contributed by atoms with Crippen molar-refractivity contribution in [1.29, 1.82) is 0 Å². The summed E-state index contributed by atoms with van der Waals surface area (Å²) in [6, 6.07) is 24.9. The lowest BCUT2D eigenvalue weighted by molar-refractivity contribution is -0.146. The number of hydrogen-bond acceptors (Lipinski definition) is 6. The van der Waals surface area contributed by atoms with E-state index >= 15 is 0 Å². The number of rotatable bonds is 17. The van der Waals surface area contributed by atoms with Crippen LogP contribution in [-0.2, 0) is 27.3 Å². The summed E-state index contributed by atoms with van der Waals surface area (Å²) >= 11 is 0. The number of carbonyl (C=O) groups is 2. The van der Waals surface area contributed by atoms with Gasteiger partial charge in [-0.1, -0.05) is 74.2 Å². The van der Waals surface area contributed by atoms with E-state index in [4.69, 9.17) is 18.9 Å². The molecule has 2 N–H and O–H groups in total. The molecule has 0 aliphatic heterocycles. The molecule has 240 valence electrons. The molecule has 0 spiro atoms. The summed E-state index contributed by atoms with van der Waals surface area (Å²) in [6.07, 6.45) is 7.46. The summed E-state index contributed by atoms with van der Waals surface area (Å²) in [4.78, 5) is 28.7. The van der Waals surface area contributed by atoms with E-state index in [9.17, 15) is 9.59 Å². The van der Waals surface area contributed by atoms with Crippen molar-refractivity contribution in [3.8, 4) is 11.5 Å². The van der Waals surface area contributed by atoms with E-state index in [1.54, 1.807) is 20.8 Å². The number of hydrogen-bond donors (Lipinski definition) is 2. The van der Waals surface area contributed by atoms with Gasteiger partial charge in [-0.25, -0.2) is 9.59 Å². The smallest absolute Gasteiger partial charge is 0.408 e. The van der Waals surface area contributed by atoms with Crippen molar-refractivity contribution < 1.29 is 28.5 Å². The number of amides is 1. The van der Waals surface area contributed by atoms with Crippen molar-refractivity contribution in [3.63, 3.8) is 0 Å². The zero-order chi connectivity index (χ0) is 31.9. The Morgan fingerprint density at radius 2 is 1.38 bits per heavy atom. The number of alkyl carbamates (subject to hydrolysis) is 1. The molecular weight excluding hydrogens is 568 g/mol. The molecule has 0 aliphatic rings. The quantitative estimate of drug-likeness (QED) is 0.0920. The van der Waals surface area contributed by atoms with E-state index in [-0.39, 0.29) is 0 Å². The zero-order valence-electron chi connectivity index (χ0n) is 26.7. The molecule has 3 aromatic carbocycles. The molecular formula is C37H46N2O6. The molecule has 8 heteroatoms. The van der Waals surface area contributed by atoms with Gasteiger partial charge in [0.2, 0.25) is 0 Å². The number of esters is 1. The lowest BCUT2D eigenvalue weighted by Crippen LogP contribution is -2.45. The Labute approximate surface area is 266 Å². The number of para-hydroxylation sites is 1. The summed E-state index contributed by atoms with van der Waals surface area (Å²) in [7, 11) is 0. The van der Waals surface area contributed by atoms with Crippen molar-refractivity contribution in [3.05, 3.63) is 96.2 Å². The molecule has 0 unspecified atom stereocenters. The minimum atomic E-state index is -0.850. The van der Waals surface area contributed by atoms with Gasteiger partial charge in [0.1, 0.15) is 29.7 Å². The van der Waals surface area contributed by atoms with Crippen LogP contribution in [0.3, 0.4) is 0 Å². The highest BCUT2D eigenvalue weighted by atomic mass is 16.6. The molecule has 0 radical (unpaired) electrons. The monoisotopic (exact) mass is 614 g/mol. The number of unbranched alkanes of at least 4 members (excludes halogenated alkanes) is 5. The first kappa shape index (κ1) is 33.4. The predicted molar refractivity (Wildman–Crippen MR) is 177 cm³/mol. The highest BCUT2D eigenvalue weighted by molar-refractivity contribution is 5.86. The molecule has 1 amide bonds. The van der Waals surface area contributed by atoms with Gasteiger partial charge in [-0.3, -0.25) is 0 Å². The highest BCUT2D eigenvalue weighted by Gasteiger charge is 2.26. The van der Waals surface area contributed by atoms with E-state index in [1.165, 1.54) is 0 Å². The van der Waals surface area contributed by atoms with Crippen LogP contribution in [0.25, 0.3) is 10.9 Å². The molecule has 8 nitrogen and oxygen atoms in total. The number of aromatic amines is 1. The third kappa shape index (κ3) is 11.9. The van der Waals surface area contributed by atoms with E-state index in [0.717, 1.165) is 72.1 Å². The maximum absolute atomic E-state index is 13.0. The summed E-state index contributed by atoms with van der Waals surface area (Å²) in [5, 5.41) is 3.72. The molecule has 1 heterocycles. The van der Waals surface area contributed by atoms with Gasteiger partial charge >= 0.3 is 12.1 Å². The summed E-state index contributed by atoms with van der Waals surface area (Å²) < 4.78 is 22.7. The highest BCUT2D eigenvalue weighted by Crippen LogP contribution is 2.21. The second-order valence-corrected chi connectivity index (χ2v) is 12.1. The van der Waals surface area contributed by atoms with Crippen LogP contribution in [0.4, 0.5) is 4.79 Å². The average Bonchev–Trinajstić information content (AvgIpc) is 3.43. The van der Waals surface area contributed by atoms with Crippen molar-refractivity contribution in [2.75, 3.05) is 13.2 Å². The van der Waals surface area contributed by atoms with Crippen LogP contribution in [-0.4, -0.2) is 41.9 Å². The Morgan fingerprint density at radius 1 is 0.756 bits per heavy atom. The summed E-state index contributed by atoms with van der Waals surface area (Å²) in [6.45, 7) is 6.89. The number of carbonyl (C=O) groups excluding carboxylic acids is 2. The second kappa shape index (κ2) is 17.1. The lowest BCUT2D eigenvalue weighted by atomic mass is 10.1. The molecule has 1 atom stereocenters. The number of fused-ring (bicyclic) bond motifs is 1. The van der Waals surface area contributed by atoms with Crippen LogP contribution in [0, 0.1) is 0 Å². The molecule has 0 bridgehead atoms. The fourth-order valence-corrected chi connectivity index (χ4v) is 4.91. The summed E-state index contributed by atoms with van der Waals surface area (Å²) in [5.41, 5.74) is 2.37. The maximum atomic E-state index is 13.0. The minimum Gasteiger partial charge on any atom is -0.494 e. The first-order chi connectivity index (χ1) is 21.8. The van der Waals surface area contributed by atoms with Gasteiger partial charge in [-0.05, 0) is 75.1 Å². The molecule has 4 rings (SSSR count). The fourth-order valence-electron chi connectivity index (χ4n) is 4.91. The predicted octanol–water partition coefficient (Wildman–Crippen LogP) is 8.15. The Bertz CT molecular complexity index is 1460. The number of benzene rings is 3. The van der Waals surface area contributed by atoms with E-state index in [1.807, 2.05) is 85.1 Å². The third-order valence-corrected chi connectivity index (χ3v) is 7.20. The first-order valence-electron chi connectivity index (χ1n) is 15.9.